The van der Waals surface area contributed by atoms with Crippen LogP contribution >= 0.6 is 23.8 Å². The molecule has 1 amide bonds. The molecule has 0 saturated carbocycles. The largest absolute Gasteiger partial charge is 0.511 e. The molecule has 0 aromatic heterocycles. The third kappa shape index (κ3) is 2.88. The van der Waals surface area contributed by atoms with Crippen LogP contribution < -0.4 is 10.6 Å². The van der Waals surface area contributed by atoms with E-state index in [-0.39, 0.29) is 22.2 Å². The van der Waals surface area contributed by atoms with Gasteiger partial charge in [0.1, 0.15) is 16.3 Å². The van der Waals surface area contributed by atoms with Crippen molar-refractivity contribution >= 4 is 40.4 Å². The first-order chi connectivity index (χ1) is 9.00. The number of benzene rings is 1. The van der Waals surface area contributed by atoms with Gasteiger partial charge in [0.05, 0.1) is 10.7 Å². The van der Waals surface area contributed by atoms with E-state index in [4.69, 9.17) is 23.8 Å². The lowest BCUT2D eigenvalue weighted by atomic mass is 10.1. The molecular formula is C13H13ClN2O2S. The number of carbonyl (C=O) groups excluding carboxylic acids is 1. The van der Waals surface area contributed by atoms with Crippen molar-refractivity contribution in [3.8, 4) is 0 Å². The van der Waals surface area contributed by atoms with Crippen LogP contribution in [0.25, 0.3) is 0 Å². The SMILES string of the molecule is Cc1cccc(NC(=S)C2=C(O)CCNC2=O)c1Cl. The average molecular weight is 297 g/mol. The Morgan fingerprint density at radius 2 is 2.26 bits per heavy atom. The van der Waals surface area contributed by atoms with Crippen molar-refractivity contribution in [3.63, 3.8) is 0 Å². The third-order valence-corrected chi connectivity index (χ3v) is 3.64. The van der Waals surface area contributed by atoms with Gasteiger partial charge in [0.15, 0.2) is 0 Å². The highest BCUT2D eigenvalue weighted by molar-refractivity contribution is 7.81. The van der Waals surface area contributed by atoms with E-state index in [0.29, 0.717) is 23.7 Å². The lowest BCUT2D eigenvalue weighted by Gasteiger charge is -2.18. The summed E-state index contributed by atoms with van der Waals surface area (Å²) in [6.07, 6.45) is 0.379. The molecule has 6 heteroatoms. The van der Waals surface area contributed by atoms with Gasteiger partial charge in [0, 0.05) is 13.0 Å². The molecule has 3 N–H and O–H groups in total. The molecule has 0 fully saturated rings. The molecule has 1 aliphatic rings. The van der Waals surface area contributed by atoms with Crippen LogP contribution in [-0.2, 0) is 4.79 Å². The van der Waals surface area contributed by atoms with Crippen LogP contribution in [0.1, 0.15) is 12.0 Å². The van der Waals surface area contributed by atoms with Gasteiger partial charge >= 0.3 is 0 Å². The first-order valence-electron chi connectivity index (χ1n) is 5.77. The van der Waals surface area contributed by atoms with Crippen LogP contribution in [0.4, 0.5) is 5.69 Å². The number of rotatable bonds is 2. The van der Waals surface area contributed by atoms with Crippen molar-refractivity contribution < 1.29 is 9.90 Å². The van der Waals surface area contributed by atoms with E-state index in [0.717, 1.165) is 5.56 Å². The number of nitrogens with one attached hydrogen (secondary N) is 2. The Bertz CT molecular complexity index is 584. The summed E-state index contributed by atoms with van der Waals surface area (Å²) in [7, 11) is 0. The van der Waals surface area contributed by atoms with Crippen LogP contribution in [0.15, 0.2) is 29.5 Å². The molecule has 0 radical (unpaired) electrons. The molecule has 19 heavy (non-hydrogen) atoms. The Hall–Kier alpha value is -1.59. The normalized spacial score (nSPS) is 15.2. The zero-order valence-electron chi connectivity index (χ0n) is 10.3. The molecule has 100 valence electrons. The van der Waals surface area contributed by atoms with Gasteiger partial charge in [-0.15, -0.1) is 0 Å². The number of carbonyl (C=O) groups is 1. The van der Waals surface area contributed by atoms with Crippen molar-refractivity contribution in [2.75, 3.05) is 11.9 Å². The summed E-state index contributed by atoms with van der Waals surface area (Å²) in [5, 5.41) is 15.9. The minimum atomic E-state index is -0.370. The fraction of sp³-hybridized carbons (Fsp3) is 0.231. The molecule has 2 rings (SSSR count). The Morgan fingerprint density at radius 1 is 1.53 bits per heavy atom. The number of thiocarbonyl (C=S) groups is 1. The molecule has 1 aromatic rings. The number of amides is 1. The molecule has 1 heterocycles. The third-order valence-electron chi connectivity index (χ3n) is 2.83. The van der Waals surface area contributed by atoms with Crippen molar-refractivity contribution in [2.45, 2.75) is 13.3 Å². The molecular weight excluding hydrogens is 284 g/mol. The van der Waals surface area contributed by atoms with Gasteiger partial charge in [0.2, 0.25) is 0 Å². The van der Waals surface area contributed by atoms with Gasteiger partial charge in [-0.05, 0) is 18.6 Å². The molecule has 0 atom stereocenters. The molecule has 0 unspecified atom stereocenters. The van der Waals surface area contributed by atoms with Gasteiger partial charge in [-0.3, -0.25) is 4.79 Å². The van der Waals surface area contributed by atoms with E-state index in [1.165, 1.54) is 0 Å². The highest BCUT2D eigenvalue weighted by atomic mass is 35.5. The quantitative estimate of drug-likeness (QED) is 0.734. The van der Waals surface area contributed by atoms with Gasteiger partial charge in [-0.25, -0.2) is 0 Å². The van der Waals surface area contributed by atoms with Crippen LogP contribution in [0.5, 0.6) is 0 Å². The average Bonchev–Trinajstić information content (AvgIpc) is 2.35. The topological polar surface area (TPSA) is 61.4 Å². The summed E-state index contributed by atoms with van der Waals surface area (Å²) in [6, 6.07) is 5.47. The number of aryl methyl sites for hydroxylation is 1. The fourth-order valence-electron chi connectivity index (χ4n) is 1.80. The summed E-state index contributed by atoms with van der Waals surface area (Å²) < 4.78 is 0. The maximum Gasteiger partial charge on any atom is 0.257 e. The second-order valence-corrected chi connectivity index (χ2v) is 5.00. The Morgan fingerprint density at radius 3 is 2.95 bits per heavy atom. The molecule has 1 aromatic carbocycles. The zero-order valence-corrected chi connectivity index (χ0v) is 11.9. The first kappa shape index (κ1) is 13.8. The van der Waals surface area contributed by atoms with Crippen LogP contribution in [-0.4, -0.2) is 22.5 Å². The molecule has 0 aliphatic carbocycles. The van der Waals surface area contributed by atoms with Gasteiger partial charge in [-0.1, -0.05) is 36.0 Å². The van der Waals surface area contributed by atoms with Crippen molar-refractivity contribution in [1.29, 1.82) is 0 Å². The summed E-state index contributed by atoms with van der Waals surface area (Å²) in [6.45, 7) is 2.29. The predicted molar refractivity (Wildman–Crippen MR) is 79.7 cm³/mol. The lowest BCUT2D eigenvalue weighted by Crippen LogP contribution is -2.36. The number of aliphatic hydroxyl groups excluding tert-OH is 1. The van der Waals surface area contributed by atoms with E-state index in [2.05, 4.69) is 10.6 Å². The zero-order chi connectivity index (χ0) is 14.0. The summed E-state index contributed by atoms with van der Waals surface area (Å²) >= 11 is 11.3. The lowest BCUT2D eigenvalue weighted by molar-refractivity contribution is -0.117. The minimum absolute atomic E-state index is 0.00465. The van der Waals surface area contributed by atoms with E-state index >= 15 is 0 Å². The smallest absolute Gasteiger partial charge is 0.257 e. The van der Waals surface area contributed by atoms with Crippen LogP contribution in [0.3, 0.4) is 0 Å². The van der Waals surface area contributed by atoms with E-state index in [1.807, 2.05) is 19.1 Å². The predicted octanol–water partition coefficient (Wildman–Crippen LogP) is 2.72. The van der Waals surface area contributed by atoms with Crippen molar-refractivity contribution in [3.05, 3.63) is 40.1 Å². The fourth-order valence-corrected chi connectivity index (χ4v) is 2.30. The van der Waals surface area contributed by atoms with E-state index in [9.17, 15) is 9.90 Å². The highest BCUT2D eigenvalue weighted by Gasteiger charge is 2.24. The number of hydrogen-bond donors (Lipinski definition) is 3. The van der Waals surface area contributed by atoms with Crippen LogP contribution in [0.2, 0.25) is 5.02 Å². The Labute approximate surface area is 121 Å². The van der Waals surface area contributed by atoms with Gasteiger partial charge < -0.3 is 15.7 Å². The Kier molecular flexibility index (Phi) is 4.07. The van der Waals surface area contributed by atoms with Crippen LogP contribution in [0, 0.1) is 6.92 Å². The van der Waals surface area contributed by atoms with E-state index in [1.54, 1.807) is 6.07 Å². The molecule has 0 saturated heterocycles. The molecule has 1 aliphatic heterocycles. The second-order valence-electron chi connectivity index (χ2n) is 4.22. The Balaban J connectivity index is 2.26. The van der Waals surface area contributed by atoms with Gasteiger partial charge in [0.25, 0.3) is 5.91 Å². The summed E-state index contributed by atoms with van der Waals surface area (Å²) in [5.41, 5.74) is 1.63. The molecule has 0 bridgehead atoms. The standard InChI is InChI=1S/C13H13ClN2O2S/c1-7-3-2-4-8(11(7)14)16-13(19)10-9(17)5-6-15-12(10)18/h2-4,17H,5-6H2,1H3,(H,15,18)(H,16,19). The molecule has 0 spiro atoms. The van der Waals surface area contributed by atoms with E-state index < -0.39 is 0 Å². The number of halogens is 1. The highest BCUT2D eigenvalue weighted by Crippen LogP contribution is 2.26. The summed E-state index contributed by atoms with van der Waals surface area (Å²) in [4.78, 5) is 11.9. The number of anilines is 1. The minimum Gasteiger partial charge on any atom is -0.511 e. The van der Waals surface area contributed by atoms with Gasteiger partial charge in [-0.2, -0.15) is 0 Å². The van der Waals surface area contributed by atoms with Crippen molar-refractivity contribution in [1.82, 2.24) is 5.32 Å². The number of aliphatic hydroxyl groups is 1. The second kappa shape index (κ2) is 5.59. The number of hydrogen-bond acceptors (Lipinski definition) is 3. The maximum atomic E-state index is 11.7. The molecule has 4 nitrogen and oxygen atoms in total. The van der Waals surface area contributed by atoms with Crippen molar-refractivity contribution in [2.24, 2.45) is 0 Å². The monoisotopic (exact) mass is 296 g/mol. The summed E-state index contributed by atoms with van der Waals surface area (Å²) in [5.74, 6) is -0.366. The maximum absolute atomic E-state index is 11.7. The first-order valence-corrected chi connectivity index (χ1v) is 6.56.